The van der Waals surface area contributed by atoms with Crippen molar-refractivity contribution in [3.8, 4) is 0 Å². The van der Waals surface area contributed by atoms with Crippen molar-refractivity contribution in [2.24, 2.45) is 26.9 Å². The number of urea groups is 3. The van der Waals surface area contributed by atoms with E-state index in [1.54, 1.807) is 64.3 Å². The molecule has 30 nitrogen and oxygen atoms in total. The van der Waals surface area contributed by atoms with Gasteiger partial charge >= 0.3 is 24.2 Å². The second-order valence-corrected chi connectivity index (χ2v) is 38.2. The zero-order chi connectivity index (χ0) is 86.7. The van der Waals surface area contributed by atoms with E-state index in [0.717, 1.165) is 102 Å². The van der Waals surface area contributed by atoms with Gasteiger partial charge < -0.3 is 54.8 Å². The Labute approximate surface area is 721 Å². The number of primary amides is 1. The highest BCUT2D eigenvalue weighted by molar-refractivity contribution is 7.89. The second-order valence-electron chi connectivity index (χ2n) is 33.4. The summed E-state index contributed by atoms with van der Waals surface area (Å²) in [6.07, 6.45) is 23.4. The first-order chi connectivity index (χ1) is 57.3. The number of amides is 7. The molecule has 0 bridgehead atoms. The van der Waals surface area contributed by atoms with E-state index in [9.17, 15) is 36.0 Å². The molecule has 3 aromatic carbocycles. The van der Waals surface area contributed by atoms with Crippen LogP contribution >= 0.6 is 34.8 Å². The summed E-state index contributed by atoms with van der Waals surface area (Å²) in [4.78, 5) is 90.1. The highest BCUT2D eigenvalue weighted by atomic mass is 35.5. The number of halogens is 3. The highest BCUT2D eigenvalue weighted by Crippen LogP contribution is 2.49. The van der Waals surface area contributed by atoms with Crippen molar-refractivity contribution < 1.29 is 40.8 Å². The largest absolute Gasteiger partial charge is 0.447 e. The number of sulfonamides is 2. The molecule has 3 aliphatic heterocycles. The predicted molar refractivity (Wildman–Crippen MR) is 470 cm³/mol. The van der Waals surface area contributed by atoms with Crippen molar-refractivity contribution in [3.05, 3.63) is 246 Å². The number of hydrogen-bond donors (Lipinski definition) is 6. The van der Waals surface area contributed by atoms with Crippen molar-refractivity contribution in [2.45, 2.75) is 109 Å². The third-order valence-electron chi connectivity index (χ3n) is 21.7. The molecule has 0 spiro atoms. The van der Waals surface area contributed by atoms with Gasteiger partial charge in [-0.15, -0.1) is 0 Å². The maximum atomic E-state index is 13.3. The number of carbonyl (C=O) groups is 4. The predicted octanol–water partition coefficient (Wildman–Crippen LogP) is 11.6. The minimum Gasteiger partial charge on any atom is -0.447 e. The van der Waals surface area contributed by atoms with Crippen LogP contribution in [0.15, 0.2) is 147 Å². The zero-order valence-electron chi connectivity index (χ0n) is 70.0. The Morgan fingerprint density at radius 3 is 1.12 bits per heavy atom. The molecular formula is C86H104Cl3N21O9S2. The third-order valence-corrected chi connectivity index (χ3v) is 23.7. The lowest BCUT2D eigenvalue weighted by Gasteiger charge is -2.40. The van der Waals surface area contributed by atoms with Gasteiger partial charge in [0.1, 0.15) is 0 Å². The van der Waals surface area contributed by atoms with Crippen LogP contribution in [-0.4, -0.2) is 222 Å². The number of pyridine rings is 3. The number of hydrogen-bond acceptors (Lipinski definition) is 18. The first-order valence-electron chi connectivity index (χ1n) is 39.9. The average molecular weight is 1750 g/mol. The monoisotopic (exact) mass is 1740 g/mol. The maximum absolute atomic E-state index is 13.3. The van der Waals surface area contributed by atoms with Gasteiger partial charge in [-0.3, -0.25) is 29.7 Å². The van der Waals surface area contributed by atoms with E-state index in [0.29, 0.717) is 105 Å². The summed E-state index contributed by atoms with van der Waals surface area (Å²) >= 11 is 19.8. The van der Waals surface area contributed by atoms with E-state index < -0.39 is 49.7 Å². The molecule has 121 heavy (non-hydrogen) atoms. The van der Waals surface area contributed by atoms with Crippen LogP contribution in [-0.2, 0) is 45.9 Å². The number of nitrogens with one attached hydrogen (secondary N) is 5. The topological polar surface area (TPSA) is 344 Å². The lowest BCUT2D eigenvalue weighted by molar-refractivity contribution is 0.0513. The third kappa shape index (κ3) is 21.0. The lowest BCUT2D eigenvalue weighted by atomic mass is 9.90. The average Bonchev–Trinajstić information content (AvgIpc) is 1.60. The molecule has 35 heteroatoms. The summed E-state index contributed by atoms with van der Waals surface area (Å²) in [5.74, 6) is 0. The number of fused-ring (bicyclic) bond motifs is 6. The van der Waals surface area contributed by atoms with Gasteiger partial charge in [0.2, 0.25) is 20.0 Å². The molecule has 0 radical (unpaired) electrons. The number of aromatic nitrogens is 9. The molecular weight excluding hydrogens is 1640 g/mol. The molecule has 3 aliphatic carbocycles. The van der Waals surface area contributed by atoms with Crippen LogP contribution < -0.4 is 31.1 Å². The Kier molecular flexibility index (Phi) is 26.8. The molecule has 6 aromatic heterocycles. The van der Waals surface area contributed by atoms with Crippen LogP contribution in [0.4, 0.5) is 19.2 Å². The fourth-order valence-electron chi connectivity index (χ4n) is 16.4. The lowest BCUT2D eigenvalue weighted by Crippen LogP contribution is -2.55. The number of carbonyl (C=O) groups excluding carboxylic acids is 4. The summed E-state index contributed by atoms with van der Waals surface area (Å²) in [6, 6.07) is 25.6. The Hall–Kier alpha value is -10.4. The highest BCUT2D eigenvalue weighted by Gasteiger charge is 2.42. The molecule has 3 fully saturated rings. The molecule has 640 valence electrons. The number of ether oxygens (including phenoxy) is 1. The van der Waals surface area contributed by atoms with E-state index in [2.05, 4.69) is 73.3 Å². The van der Waals surface area contributed by atoms with Gasteiger partial charge in [0.15, 0.2) is 0 Å². The number of nitrogens with zero attached hydrogens (tertiary/aromatic N) is 15. The normalized spacial score (nSPS) is 18.4. The Balaban J connectivity index is 0.000000157. The van der Waals surface area contributed by atoms with E-state index in [4.69, 9.17) is 60.2 Å². The van der Waals surface area contributed by atoms with Crippen LogP contribution in [0.5, 0.6) is 0 Å². The van der Waals surface area contributed by atoms with Crippen LogP contribution in [0.1, 0.15) is 176 Å². The van der Waals surface area contributed by atoms with Crippen molar-refractivity contribution in [1.82, 2.24) is 98.4 Å². The standard InChI is InChI=1S/C32H40ClN7O3.C29H36ClN7O3S.C25H28ClN7O3S/c1-20(2)43-31(42)40-14-12-39(13-15-40)29-23-10-9-22(33)17-24(23)25(16-21-8-7-11-35-27(21)29)28(26-18-34-19-38(26)6)36-30(41)37-32(3,4)5;1-29(2,3)33-28(38)37-13-11-36(12-14-37)27-21-9-8-20(30)16-22(21)23(15-19-7-6-10-32-25(19)27)26(34-41(5,39)40)24-17-31-18-35(24)4;1-31-15-28-14-21(31)23(30-37(2,35)36)20-12-16-4-3-7-29-22(16)24(18-6-5-17(26)13-19(18)20)32-8-10-33(11-9-32)25(27)34/h7-11,16-20,28-29H,12-15H2,1-6H3,(H2,36,37,41);6-10,15-18,26-27,34H,11-14H2,1-5H3,(H,33,38);3-7,12-15,23-24,30H,8-11H2,1-2H3,(H2,27,34)/t28?,29-;26?,27-;23?,24-/m000/s1. The van der Waals surface area contributed by atoms with Crippen LogP contribution in [0.2, 0.25) is 15.1 Å². The van der Waals surface area contributed by atoms with Gasteiger partial charge in [0.05, 0.1) is 127 Å². The van der Waals surface area contributed by atoms with Gasteiger partial charge in [0, 0.05) is 144 Å². The summed E-state index contributed by atoms with van der Waals surface area (Å²) in [5.41, 5.74) is 20.1. The molecule has 6 atom stereocenters. The second kappa shape index (κ2) is 36.7. The number of nitrogens with two attached hydrogens (primary N) is 1. The quantitative estimate of drug-likeness (QED) is 0.0555. The number of aryl methyl sites for hydroxylation is 3. The van der Waals surface area contributed by atoms with E-state index in [-0.39, 0.29) is 47.9 Å². The SMILES string of the molecule is CC(C)OC(=O)N1CCN([C@H]2c3ccc(Cl)cc3C(C(NC(=O)NC(C)(C)C)c3cncn3C)=Cc3cccnc32)CC1.Cn1cncc1C(NS(C)(=O)=O)C1=Cc2cccnc2[C@@H](N2CCN(C(=O)NC(C)(C)C)CC2)c2ccc(Cl)cc21.Cn1cncc1C(NS(C)(=O)=O)C1=Cc2cccnc2[C@@H](N2CCN(C(N)=O)CC2)c2ccc(Cl)cc21. The minimum atomic E-state index is -3.61. The van der Waals surface area contributed by atoms with Gasteiger partial charge in [-0.1, -0.05) is 71.2 Å². The van der Waals surface area contributed by atoms with E-state index >= 15 is 0 Å². The Morgan fingerprint density at radius 1 is 0.471 bits per heavy atom. The summed E-state index contributed by atoms with van der Waals surface area (Å²) < 4.78 is 67.0. The van der Waals surface area contributed by atoms with Crippen molar-refractivity contribution in [1.29, 1.82) is 0 Å². The summed E-state index contributed by atoms with van der Waals surface area (Å²) in [6.45, 7) is 22.5. The Morgan fingerprint density at radius 2 is 0.802 bits per heavy atom. The number of rotatable bonds is 15. The molecule has 0 saturated carbocycles. The van der Waals surface area contributed by atoms with Crippen LogP contribution in [0.25, 0.3) is 34.9 Å². The van der Waals surface area contributed by atoms with Crippen molar-refractivity contribution in [3.63, 3.8) is 0 Å². The van der Waals surface area contributed by atoms with Gasteiger partial charge in [-0.2, -0.15) is 0 Å². The summed E-state index contributed by atoms with van der Waals surface area (Å²) in [7, 11) is -1.64. The first-order valence-corrected chi connectivity index (χ1v) is 44.9. The van der Waals surface area contributed by atoms with Gasteiger partial charge in [-0.05, 0) is 195 Å². The van der Waals surface area contributed by atoms with Crippen LogP contribution in [0, 0.1) is 0 Å². The Bertz CT molecular complexity index is 5680. The van der Waals surface area contributed by atoms with E-state index in [1.165, 1.54) is 0 Å². The smallest absolute Gasteiger partial charge is 0.410 e. The van der Waals surface area contributed by atoms with E-state index in [1.807, 2.05) is 188 Å². The number of benzene rings is 3. The van der Waals surface area contributed by atoms with Gasteiger partial charge in [-0.25, -0.2) is 60.4 Å². The maximum Gasteiger partial charge on any atom is 0.410 e. The minimum absolute atomic E-state index is 0.0708. The van der Waals surface area contributed by atoms with Crippen LogP contribution in [0.3, 0.4) is 0 Å². The molecule has 7 amide bonds. The number of piperazine rings is 3. The fourth-order valence-corrected chi connectivity index (χ4v) is 18.2. The number of imidazole rings is 3. The van der Waals surface area contributed by atoms with Gasteiger partial charge in [0.25, 0.3) is 0 Å². The molecule has 7 N–H and O–H groups in total. The fraction of sp³-hybridized carbons (Fsp3) is 0.395. The van der Waals surface area contributed by atoms with Crippen molar-refractivity contribution in [2.75, 3.05) is 91.0 Å². The molecule has 3 saturated heterocycles. The van der Waals surface area contributed by atoms with Crippen molar-refractivity contribution >= 4 is 114 Å². The molecule has 6 aliphatic rings. The first kappa shape index (κ1) is 88.4. The summed E-state index contributed by atoms with van der Waals surface area (Å²) in [5, 5.41) is 11.0. The molecule has 3 unspecified atom stereocenters. The molecule has 15 rings (SSSR count). The zero-order valence-corrected chi connectivity index (χ0v) is 73.9. The molecule has 9 aromatic rings. The molecule has 9 heterocycles.